The van der Waals surface area contributed by atoms with Crippen molar-refractivity contribution in [1.82, 2.24) is 15.5 Å². The van der Waals surface area contributed by atoms with Gasteiger partial charge in [0.15, 0.2) is 6.61 Å². The number of benzene rings is 1. The molecule has 0 amide bonds. The minimum Gasteiger partial charge on any atom is -0.483 e. The van der Waals surface area contributed by atoms with Gasteiger partial charge in [-0.2, -0.15) is 0 Å². The van der Waals surface area contributed by atoms with E-state index in [1.807, 2.05) is 24.3 Å². The van der Waals surface area contributed by atoms with Gasteiger partial charge in [0, 0.05) is 19.0 Å². The topological polar surface area (TPSA) is 60.2 Å². The van der Waals surface area contributed by atoms with E-state index in [9.17, 15) is 0 Å². The van der Waals surface area contributed by atoms with Gasteiger partial charge < -0.3 is 14.5 Å². The molecule has 0 aliphatic carbocycles. The fourth-order valence-electron chi connectivity index (χ4n) is 1.59. The normalized spacial score (nSPS) is 10.6. The molecule has 0 radical (unpaired) electrons. The quantitative estimate of drug-likeness (QED) is 0.846. The Morgan fingerprint density at radius 1 is 1.28 bits per heavy atom. The molecule has 0 bridgehead atoms. The Labute approximate surface area is 106 Å². The molecular weight excluding hydrogens is 230 g/mol. The van der Waals surface area contributed by atoms with Gasteiger partial charge in [-0.3, -0.25) is 0 Å². The van der Waals surface area contributed by atoms with Crippen molar-refractivity contribution in [3.8, 4) is 5.75 Å². The standard InChI is InChI=1S/C13H17N3O2/c1-3-14-8-11-6-4-5-7-12(11)17-9-13-16-15-10(2)18-13/h4-7,14H,3,8-9H2,1-2H3. The van der Waals surface area contributed by atoms with E-state index >= 15 is 0 Å². The average molecular weight is 247 g/mol. The lowest BCUT2D eigenvalue weighted by Crippen LogP contribution is -2.12. The van der Waals surface area contributed by atoms with E-state index in [-0.39, 0.29) is 0 Å². The summed E-state index contributed by atoms with van der Waals surface area (Å²) < 4.78 is 11.0. The molecule has 1 aromatic carbocycles. The first kappa shape index (κ1) is 12.6. The highest BCUT2D eigenvalue weighted by atomic mass is 16.5. The van der Waals surface area contributed by atoms with Crippen molar-refractivity contribution in [3.05, 3.63) is 41.6 Å². The van der Waals surface area contributed by atoms with Crippen LogP contribution in [0.4, 0.5) is 0 Å². The molecule has 0 aliphatic rings. The maximum atomic E-state index is 5.70. The Bertz CT molecular complexity index is 496. The highest BCUT2D eigenvalue weighted by molar-refractivity contribution is 5.33. The molecule has 2 aromatic rings. The van der Waals surface area contributed by atoms with Gasteiger partial charge in [-0.15, -0.1) is 10.2 Å². The molecule has 1 aromatic heterocycles. The highest BCUT2D eigenvalue weighted by Crippen LogP contribution is 2.18. The summed E-state index contributed by atoms with van der Waals surface area (Å²) in [7, 11) is 0. The smallest absolute Gasteiger partial charge is 0.253 e. The molecule has 5 nitrogen and oxygen atoms in total. The van der Waals surface area contributed by atoms with E-state index in [0.717, 1.165) is 24.4 Å². The van der Waals surface area contributed by atoms with Gasteiger partial charge in [0.25, 0.3) is 5.89 Å². The Kier molecular flexibility index (Phi) is 4.30. The predicted octanol–water partition coefficient (Wildman–Crippen LogP) is 2.07. The monoisotopic (exact) mass is 247 g/mol. The first-order chi connectivity index (χ1) is 8.79. The maximum absolute atomic E-state index is 5.70. The van der Waals surface area contributed by atoms with E-state index < -0.39 is 0 Å². The van der Waals surface area contributed by atoms with Crippen LogP contribution in [0.2, 0.25) is 0 Å². The van der Waals surface area contributed by atoms with Crippen molar-refractivity contribution < 1.29 is 9.15 Å². The van der Waals surface area contributed by atoms with Gasteiger partial charge in [0.1, 0.15) is 5.75 Å². The van der Waals surface area contributed by atoms with E-state index in [0.29, 0.717) is 18.4 Å². The minimum atomic E-state index is 0.296. The molecule has 1 heterocycles. The largest absolute Gasteiger partial charge is 0.483 e. The molecule has 96 valence electrons. The molecule has 0 saturated carbocycles. The van der Waals surface area contributed by atoms with Crippen LogP contribution >= 0.6 is 0 Å². The molecule has 0 saturated heterocycles. The molecule has 0 aliphatic heterocycles. The van der Waals surface area contributed by atoms with Crippen molar-refractivity contribution in [2.45, 2.75) is 27.0 Å². The number of nitrogens with zero attached hydrogens (tertiary/aromatic N) is 2. The lowest BCUT2D eigenvalue weighted by molar-refractivity contribution is 0.257. The summed E-state index contributed by atoms with van der Waals surface area (Å²) in [6.45, 7) is 5.84. The van der Waals surface area contributed by atoms with Crippen LogP contribution in [0.15, 0.2) is 28.7 Å². The van der Waals surface area contributed by atoms with Crippen molar-refractivity contribution in [1.29, 1.82) is 0 Å². The number of hydrogen-bond donors (Lipinski definition) is 1. The fourth-order valence-corrected chi connectivity index (χ4v) is 1.59. The molecule has 0 spiro atoms. The van der Waals surface area contributed by atoms with Crippen LogP contribution in [-0.2, 0) is 13.2 Å². The molecule has 18 heavy (non-hydrogen) atoms. The number of ether oxygens (including phenoxy) is 1. The zero-order chi connectivity index (χ0) is 12.8. The molecule has 0 fully saturated rings. The van der Waals surface area contributed by atoms with Crippen LogP contribution in [-0.4, -0.2) is 16.7 Å². The highest BCUT2D eigenvalue weighted by Gasteiger charge is 2.06. The third kappa shape index (κ3) is 3.30. The van der Waals surface area contributed by atoms with Crippen molar-refractivity contribution in [3.63, 3.8) is 0 Å². The van der Waals surface area contributed by atoms with Crippen molar-refractivity contribution in [2.24, 2.45) is 0 Å². The lowest BCUT2D eigenvalue weighted by Gasteiger charge is -2.10. The number of aromatic nitrogens is 2. The molecule has 2 rings (SSSR count). The van der Waals surface area contributed by atoms with Crippen LogP contribution in [0.5, 0.6) is 5.75 Å². The first-order valence-corrected chi connectivity index (χ1v) is 6.00. The van der Waals surface area contributed by atoms with Gasteiger partial charge in [0.2, 0.25) is 5.89 Å². The van der Waals surface area contributed by atoms with Crippen LogP contribution in [0, 0.1) is 6.92 Å². The third-order valence-electron chi connectivity index (χ3n) is 2.46. The third-order valence-corrected chi connectivity index (χ3v) is 2.46. The van der Waals surface area contributed by atoms with E-state index in [2.05, 4.69) is 22.4 Å². The second-order valence-electron chi connectivity index (χ2n) is 3.89. The zero-order valence-corrected chi connectivity index (χ0v) is 10.6. The van der Waals surface area contributed by atoms with Crippen molar-refractivity contribution >= 4 is 0 Å². The fraction of sp³-hybridized carbons (Fsp3) is 0.385. The summed E-state index contributed by atoms with van der Waals surface area (Å²) >= 11 is 0. The molecule has 1 N–H and O–H groups in total. The maximum Gasteiger partial charge on any atom is 0.253 e. The number of aryl methyl sites for hydroxylation is 1. The van der Waals surface area contributed by atoms with E-state index in [4.69, 9.17) is 9.15 Å². The second kappa shape index (κ2) is 6.16. The minimum absolute atomic E-state index is 0.296. The number of para-hydroxylation sites is 1. The predicted molar refractivity (Wildman–Crippen MR) is 67.2 cm³/mol. The molecule has 0 unspecified atom stereocenters. The van der Waals surface area contributed by atoms with Gasteiger partial charge in [0.05, 0.1) is 0 Å². The van der Waals surface area contributed by atoms with Crippen LogP contribution in [0.3, 0.4) is 0 Å². The Balaban J connectivity index is 1.99. The van der Waals surface area contributed by atoms with E-state index in [1.54, 1.807) is 6.92 Å². The van der Waals surface area contributed by atoms with Gasteiger partial charge in [-0.1, -0.05) is 25.1 Å². The van der Waals surface area contributed by atoms with Gasteiger partial charge in [-0.25, -0.2) is 0 Å². The molecule has 0 atom stereocenters. The second-order valence-corrected chi connectivity index (χ2v) is 3.89. The Morgan fingerprint density at radius 3 is 2.83 bits per heavy atom. The van der Waals surface area contributed by atoms with Crippen LogP contribution < -0.4 is 10.1 Å². The summed E-state index contributed by atoms with van der Waals surface area (Å²) in [4.78, 5) is 0. The molecular formula is C13H17N3O2. The number of hydrogen-bond acceptors (Lipinski definition) is 5. The van der Waals surface area contributed by atoms with Crippen LogP contribution in [0.25, 0.3) is 0 Å². The first-order valence-electron chi connectivity index (χ1n) is 6.00. The Morgan fingerprint density at radius 2 is 2.11 bits per heavy atom. The van der Waals surface area contributed by atoms with Gasteiger partial charge >= 0.3 is 0 Å². The van der Waals surface area contributed by atoms with Crippen LogP contribution in [0.1, 0.15) is 24.3 Å². The number of rotatable bonds is 6. The summed E-state index contributed by atoms with van der Waals surface area (Å²) in [5.41, 5.74) is 1.12. The SMILES string of the molecule is CCNCc1ccccc1OCc1nnc(C)o1. The lowest BCUT2D eigenvalue weighted by atomic mass is 10.2. The molecule has 5 heteroatoms. The summed E-state index contributed by atoms with van der Waals surface area (Å²) in [5.74, 6) is 1.88. The summed E-state index contributed by atoms with van der Waals surface area (Å²) in [5, 5.41) is 10.9. The van der Waals surface area contributed by atoms with E-state index in [1.165, 1.54) is 0 Å². The van der Waals surface area contributed by atoms with Crippen molar-refractivity contribution in [2.75, 3.05) is 6.54 Å². The average Bonchev–Trinajstić information content (AvgIpc) is 2.81. The number of nitrogens with one attached hydrogen (secondary N) is 1. The van der Waals surface area contributed by atoms with Gasteiger partial charge in [-0.05, 0) is 12.6 Å². The zero-order valence-electron chi connectivity index (χ0n) is 10.6. The summed E-state index contributed by atoms with van der Waals surface area (Å²) in [6.07, 6.45) is 0. The summed E-state index contributed by atoms with van der Waals surface area (Å²) in [6, 6.07) is 7.92. The Hall–Kier alpha value is -1.88.